The van der Waals surface area contributed by atoms with Gasteiger partial charge in [-0.15, -0.1) is 0 Å². The minimum atomic E-state index is -0.369. The summed E-state index contributed by atoms with van der Waals surface area (Å²) in [4.78, 5) is 23.7. The van der Waals surface area contributed by atoms with Crippen molar-refractivity contribution in [2.45, 2.75) is 52.9 Å². The van der Waals surface area contributed by atoms with Crippen LogP contribution in [0.4, 0.5) is 0 Å². The third kappa shape index (κ3) is 5.07. The van der Waals surface area contributed by atoms with Crippen LogP contribution in [0.1, 0.15) is 53.0 Å². The fourth-order valence-corrected chi connectivity index (χ4v) is 2.96. The Balaban J connectivity index is 2.60. The van der Waals surface area contributed by atoms with E-state index in [2.05, 4.69) is 32.2 Å². The van der Waals surface area contributed by atoms with Gasteiger partial charge in [0.25, 0.3) is 0 Å². The number of carbonyl (C=O) groups is 2. The molecule has 0 aliphatic carbocycles. The molecule has 0 spiro atoms. The van der Waals surface area contributed by atoms with Crippen LogP contribution in [0.15, 0.2) is 30.3 Å². The molecule has 2 aromatic carbocycles. The smallest absolute Gasteiger partial charge is 0.311 e. The Bertz CT molecular complexity index is 826. The van der Waals surface area contributed by atoms with Gasteiger partial charge >= 0.3 is 11.9 Å². The quantitative estimate of drug-likeness (QED) is 0.552. The third-order valence-corrected chi connectivity index (χ3v) is 4.52. The van der Waals surface area contributed by atoms with Crippen LogP contribution < -0.4 is 14.8 Å². The number of esters is 2. The van der Waals surface area contributed by atoms with Crippen molar-refractivity contribution in [2.75, 3.05) is 13.1 Å². The molecule has 0 heterocycles. The Kier molecular flexibility index (Phi) is 6.97. The molecule has 0 saturated heterocycles. The highest BCUT2D eigenvalue weighted by Gasteiger charge is 2.24. The SMILES string of the molecule is CCNCC(C)(C)c1cccc2cc(OC(=O)CC)c(OC(=O)CC)cc12. The summed E-state index contributed by atoms with van der Waals surface area (Å²) in [5, 5.41) is 5.32. The van der Waals surface area contributed by atoms with Crippen LogP contribution >= 0.6 is 0 Å². The van der Waals surface area contributed by atoms with Gasteiger partial charge in [-0.2, -0.15) is 0 Å². The van der Waals surface area contributed by atoms with Crippen LogP contribution in [0.3, 0.4) is 0 Å². The largest absolute Gasteiger partial charge is 0.422 e. The first-order valence-electron chi connectivity index (χ1n) is 9.51. The molecule has 5 heteroatoms. The van der Waals surface area contributed by atoms with Crippen molar-refractivity contribution in [2.24, 2.45) is 0 Å². The van der Waals surface area contributed by atoms with Gasteiger partial charge in [-0.1, -0.05) is 52.8 Å². The third-order valence-electron chi connectivity index (χ3n) is 4.52. The van der Waals surface area contributed by atoms with E-state index in [4.69, 9.17) is 9.47 Å². The number of carbonyl (C=O) groups excluding carboxylic acids is 2. The Morgan fingerprint density at radius 2 is 1.56 bits per heavy atom. The van der Waals surface area contributed by atoms with Gasteiger partial charge < -0.3 is 14.8 Å². The first kappa shape index (κ1) is 20.9. The molecule has 0 aliphatic rings. The van der Waals surface area contributed by atoms with E-state index in [9.17, 15) is 9.59 Å². The van der Waals surface area contributed by atoms with E-state index in [-0.39, 0.29) is 41.7 Å². The number of nitrogens with one attached hydrogen (secondary N) is 1. The van der Waals surface area contributed by atoms with Crippen molar-refractivity contribution in [3.8, 4) is 11.5 Å². The summed E-state index contributed by atoms with van der Waals surface area (Å²) in [5.74, 6) is -0.181. The molecule has 0 amide bonds. The summed E-state index contributed by atoms with van der Waals surface area (Å²) in [6.07, 6.45) is 0.488. The predicted molar refractivity (Wildman–Crippen MR) is 107 cm³/mol. The molecule has 0 fully saturated rings. The second kappa shape index (κ2) is 9.00. The predicted octanol–water partition coefficient (Wildman–Crippen LogP) is 4.36. The average molecular weight is 371 g/mol. The van der Waals surface area contributed by atoms with Crippen molar-refractivity contribution in [1.82, 2.24) is 5.32 Å². The molecule has 0 atom stereocenters. The summed E-state index contributed by atoms with van der Waals surface area (Å²) < 4.78 is 10.9. The molecule has 146 valence electrons. The van der Waals surface area contributed by atoms with Crippen LogP contribution in [0.2, 0.25) is 0 Å². The van der Waals surface area contributed by atoms with Gasteiger partial charge in [-0.3, -0.25) is 9.59 Å². The van der Waals surface area contributed by atoms with Crippen molar-refractivity contribution >= 4 is 22.7 Å². The van der Waals surface area contributed by atoms with Crippen LogP contribution in [-0.4, -0.2) is 25.0 Å². The molecule has 1 N–H and O–H groups in total. The molecule has 0 unspecified atom stereocenters. The number of hydrogen-bond acceptors (Lipinski definition) is 5. The molecule has 0 aliphatic heterocycles. The molecule has 0 radical (unpaired) electrons. The van der Waals surface area contributed by atoms with E-state index in [0.29, 0.717) is 0 Å². The van der Waals surface area contributed by atoms with Gasteiger partial charge in [-0.05, 0) is 35.0 Å². The van der Waals surface area contributed by atoms with E-state index in [0.717, 1.165) is 29.4 Å². The molecule has 2 aromatic rings. The maximum atomic E-state index is 11.9. The van der Waals surface area contributed by atoms with Gasteiger partial charge in [0.15, 0.2) is 11.5 Å². The molecule has 2 rings (SSSR count). The normalized spacial score (nSPS) is 11.4. The number of benzene rings is 2. The fourth-order valence-electron chi connectivity index (χ4n) is 2.96. The number of ether oxygens (including phenoxy) is 2. The molecule has 5 nitrogen and oxygen atoms in total. The first-order valence-corrected chi connectivity index (χ1v) is 9.51. The Morgan fingerprint density at radius 1 is 0.963 bits per heavy atom. The van der Waals surface area contributed by atoms with E-state index in [1.54, 1.807) is 19.9 Å². The van der Waals surface area contributed by atoms with Crippen molar-refractivity contribution < 1.29 is 19.1 Å². The molecular formula is C22H29NO4. The van der Waals surface area contributed by atoms with E-state index >= 15 is 0 Å². The minimum Gasteiger partial charge on any atom is -0.422 e. The van der Waals surface area contributed by atoms with Gasteiger partial charge in [0, 0.05) is 24.8 Å². The number of rotatable bonds is 8. The number of fused-ring (bicyclic) bond motifs is 1. The van der Waals surface area contributed by atoms with Crippen molar-refractivity contribution in [1.29, 1.82) is 0 Å². The topological polar surface area (TPSA) is 64.6 Å². The highest BCUT2D eigenvalue weighted by Crippen LogP contribution is 2.38. The molecule has 0 saturated carbocycles. The lowest BCUT2D eigenvalue weighted by Gasteiger charge is -2.27. The van der Waals surface area contributed by atoms with Gasteiger partial charge in [0.2, 0.25) is 0 Å². The Morgan fingerprint density at radius 3 is 2.11 bits per heavy atom. The van der Waals surface area contributed by atoms with Gasteiger partial charge in [0.05, 0.1) is 0 Å². The summed E-state index contributed by atoms with van der Waals surface area (Å²) in [7, 11) is 0. The van der Waals surface area contributed by atoms with Crippen LogP contribution in [-0.2, 0) is 15.0 Å². The maximum Gasteiger partial charge on any atom is 0.311 e. The Labute approximate surface area is 161 Å². The average Bonchev–Trinajstić information content (AvgIpc) is 2.65. The molecular weight excluding hydrogens is 342 g/mol. The van der Waals surface area contributed by atoms with Gasteiger partial charge in [-0.25, -0.2) is 0 Å². The summed E-state index contributed by atoms with van der Waals surface area (Å²) >= 11 is 0. The zero-order chi connectivity index (χ0) is 20.0. The molecule has 27 heavy (non-hydrogen) atoms. The summed E-state index contributed by atoms with van der Waals surface area (Å²) in [5.41, 5.74) is 1.02. The second-order valence-electron chi connectivity index (χ2n) is 7.15. The van der Waals surface area contributed by atoms with E-state index in [1.807, 2.05) is 18.2 Å². The standard InChI is InChI=1S/C22H29NO4/c1-6-20(24)26-18-12-15-10-9-11-17(22(4,5)14-23-8-3)16(15)13-19(18)27-21(25)7-2/h9-13,23H,6-8,14H2,1-5H3. The highest BCUT2D eigenvalue weighted by molar-refractivity contribution is 5.91. The second-order valence-corrected chi connectivity index (χ2v) is 7.15. The van der Waals surface area contributed by atoms with Crippen molar-refractivity contribution in [3.05, 3.63) is 35.9 Å². The lowest BCUT2D eigenvalue weighted by molar-refractivity contribution is -0.136. The monoisotopic (exact) mass is 371 g/mol. The maximum absolute atomic E-state index is 11.9. The lowest BCUT2D eigenvalue weighted by Crippen LogP contribution is -2.33. The summed E-state index contributed by atoms with van der Waals surface area (Å²) in [6, 6.07) is 9.63. The minimum absolute atomic E-state index is 0.122. The van der Waals surface area contributed by atoms with Crippen LogP contribution in [0.25, 0.3) is 10.8 Å². The number of likely N-dealkylation sites (N-methyl/N-ethyl adjacent to an activating group) is 1. The first-order chi connectivity index (χ1) is 12.8. The van der Waals surface area contributed by atoms with Crippen LogP contribution in [0, 0.1) is 0 Å². The zero-order valence-corrected chi connectivity index (χ0v) is 16.8. The molecule has 0 aromatic heterocycles. The van der Waals surface area contributed by atoms with Gasteiger partial charge in [0.1, 0.15) is 0 Å². The Hall–Kier alpha value is -2.40. The zero-order valence-electron chi connectivity index (χ0n) is 16.8. The van der Waals surface area contributed by atoms with Crippen molar-refractivity contribution in [3.63, 3.8) is 0 Å². The molecule has 0 bridgehead atoms. The highest BCUT2D eigenvalue weighted by atomic mass is 16.6. The van der Waals surface area contributed by atoms with E-state index < -0.39 is 0 Å². The number of hydrogen-bond donors (Lipinski definition) is 1. The lowest BCUT2D eigenvalue weighted by atomic mass is 9.81. The van der Waals surface area contributed by atoms with Crippen LogP contribution in [0.5, 0.6) is 11.5 Å². The van der Waals surface area contributed by atoms with E-state index in [1.165, 1.54) is 0 Å². The summed E-state index contributed by atoms with van der Waals surface area (Å²) in [6.45, 7) is 11.6. The fraction of sp³-hybridized carbons (Fsp3) is 0.455.